The van der Waals surface area contributed by atoms with E-state index in [1.165, 1.54) is 0 Å². The van der Waals surface area contributed by atoms with Crippen LogP contribution in [0, 0.1) is 11.8 Å². The Hall–Kier alpha value is -1.01. The lowest BCUT2D eigenvalue weighted by molar-refractivity contribution is 0.353. The second-order valence-corrected chi connectivity index (χ2v) is 4.14. The van der Waals surface area contributed by atoms with Crippen molar-refractivity contribution in [2.75, 3.05) is 13.1 Å². The molecule has 1 heterocycles. The molecule has 0 saturated heterocycles. The van der Waals surface area contributed by atoms with Gasteiger partial charge in [-0.15, -0.1) is 10.2 Å². The van der Waals surface area contributed by atoms with Crippen molar-refractivity contribution in [3.63, 3.8) is 0 Å². The fourth-order valence-electron chi connectivity index (χ4n) is 1.36. The first-order valence-electron chi connectivity index (χ1n) is 5.32. The minimum atomic E-state index is 0.108. The number of rotatable bonds is 6. The van der Waals surface area contributed by atoms with Crippen molar-refractivity contribution in [1.82, 2.24) is 25.9 Å². The summed E-state index contributed by atoms with van der Waals surface area (Å²) in [5, 5.41) is 17.2. The van der Waals surface area contributed by atoms with Crippen LogP contribution in [0.15, 0.2) is 0 Å². The number of nitrogens with two attached hydrogens (primary N) is 1. The number of nitrogens with zero attached hydrogens (tertiary/aromatic N) is 3. The highest BCUT2D eigenvalue weighted by molar-refractivity contribution is 4.86. The largest absolute Gasteiger partial charge is 0.330 e. The van der Waals surface area contributed by atoms with Gasteiger partial charge in [0.05, 0.1) is 6.04 Å². The maximum atomic E-state index is 5.69. The van der Waals surface area contributed by atoms with Gasteiger partial charge >= 0.3 is 0 Å². The molecule has 0 radical (unpaired) electrons. The second-order valence-electron chi connectivity index (χ2n) is 4.14. The molecule has 6 nitrogen and oxygen atoms in total. The summed E-state index contributed by atoms with van der Waals surface area (Å²) in [6.45, 7) is 7.95. The van der Waals surface area contributed by atoms with Crippen molar-refractivity contribution >= 4 is 0 Å². The normalized spacial score (nSPS) is 15.5. The van der Waals surface area contributed by atoms with Crippen LogP contribution in [-0.4, -0.2) is 33.7 Å². The SMILES string of the molecule is CC(NCC(CN)C(C)C)c1nn[nH]n1. The Morgan fingerprint density at radius 3 is 2.60 bits per heavy atom. The van der Waals surface area contributed by atoms with Crippen LogP contribution in [0.3, 0.4) is 0 Å². The zero-order valence-corrected chi connectivity index (χ0v) is 9.57. The van der Waals surface area contributed by atoms with E-state index in [-0.39, 0.29) is 6.04 Å². The third-order valence-electron chi connectivity index (χ3n) is 2.68. The van der Waals surface area contributed by atoms with Gasteiger partial charge in [-0.25, -0.2) is 0 Å². The fourth-order valence-corrected chi connectivity index (χ4v) is 1.36. The average Bonchev–Trinajstić information content (AvgIpc) is 2.70. The van der Waals surface area contributed by atoms with Crippen molar-refractivity contribution in [2.45, 2.75) is 26.8 Å². The van der Waals surface area contributed by atoms with E-state index >= 15 is 0 Å². The summed E-state index contributed by atoms with van der Waals surface area (Å²) in [6, 6.07) is 0.108. The zero-order valence-electron chi connectivity index (χ0n) is 9.57. The standard InChI is InChI=1S/C9H20N6/c1-6(2)8(4-10)5-11-7(3)9-12-14-15-13-9/h6-8,11H,4-5,10H2,1-3H3,(H,12,13,14,15). The van der Waals surface area contributed by atoms with Gasteiger partial charge in [-0.3, -0.25) is 0 Å². The van der Waals surface area contributed by atoms with Gasteiger partial charge in [-0.05, 0) is 25.3 Å². The molecule has 0 bridgehead atoms. The van der Waals surface area contributed by atoms with Crippen molar-refractivity contribution in [1.29, 1.82) is 0 Å². The molecule has 0 aliphatic rings. The molecule has 6 heteroatoms. The van der Waals surface area contributed by atoms with Gasteiger partial charge in [0.1, 0.15) is 0 Å². The first-order valence-corrected chi connectivity index (χ1v) is 5.32. The van der Waals surface area contributed by atoms with E-state index in [9.17, 15) is 0 Å². The zero-order chi connectivity index (χ0) is 11.3. The van der Waals surface area contributed by atoms with E-state index in [0.717, 1.165) is 6.54 Å². The molecule has 86 valence electrons. The minimum absolute atomic E-state index is 0.108. The molecule has 0 fully saturated rings. The van der Waals surface area contributed by atoms with Crippen molar-refractivity contribution < 1.29 is 0 Å². The molecular formula is C9H20N6. The maximum absolute atomic E-state index is 5.69. The molecule has 0 amide bonds. The van der Waals surface area contributed by atoms with E-state index in [2.05, 4.69) is 39.8 Å². The lowest BCUT2D eigenvalue weighted by atomic mass is 9.96. The highest BCUT2D eigenvalue weighted by Crippen LogP contribution is 2.10. The molecule has 1 rings (SSSR count). The van der Waals surface area contributed by atoms with Gasteiger partial charge in [0.15, 0.2) is 5.82 Å². The van der Waals surface area contributed by atoms with E-state index in [1.807, 2.05) is 6.92 Å². The number of aromatic amines is 1. The van der Waals surface area contributed by atoms with E-state index < -0.39 is 0 Å². The van der Waals surface area contributed by atoms with Crippen LogP contribution in [0.4, 0.5) is 0 Å². The quantitative estimate of drug-likeness (QED) is 0.621. The number of hydrogen-bond acceptors (Lipinski definition) is 5. The Morgan fingerprint density at radius 1 is 1.40 bits per heavy atom. The van der Waals surface area contributed by atoms with Crippen molar-refractivity contribution in [3.8, 4) is 0 Å². The summed E-state index contributed by atoms with van der Waals surface area (Å²) >= 11 is 0. The first-order chi connectivity index (χ1) is 7.15. The van der Waals surface area contributed by atoms with Gasteiger partial charge in [0.2, 0.25) is 0 Å². The Labute approximate surface area is 90.0 Å². The molecule has 2 unspecified atom stereocenters. The number of tetrazole rings is 1. The molecule has 0 aliphatic heterocycles. The Balaban J connectivity index is 2.36. The summed E-state index contributed by atoms with van der Waals surface area (Å²) in [5.74, 6) is 1.76. The lowest BCUT2D eigenvalue weighted by Gasteiger charge is -2.21. The summed E-state index contributed by atoms with van der Waals surface area (Å²) in [5.41, 5.74) is 5.69. The highest BCUT2D eigenvalue weighted by Gasteiger charge is 2.15. The van der Waals surface area contributed by atoms with Gasteiger partial charge in [-0.1, -0.05) is 19.1 Å². The molecule has 4 N–H and O–H groups in total. The van der Waals surface area contributed by atoms with Crippen LogP contribution in [0.2, 0.25) is 0 Å². The molecular weight excluding hydrogens is 192 g/mol. The monoisotopic (exact) mass is 212 g/mol. The number of H-pyrrole nitrogens is 1. The molecule has 0 aromatic carbocycles. The van der Waals surface area contributed by atoms with Crippen LogP contribution in [0.1, 0.15) is 32.6 Å². The van der Waals surface area contributed by atoms with E-state index in [4.69, 9.17) is 5.73 Å². The van der Waals surface area contributed by atoms with Crippen molar-refractivity contribution in [2.24, 2.45) is 17.6 Å². The molecule has 0 saturated carbocycles. The van der Waals surface area contributed by atoms with Crippen molar-refractivity contribution in [3.05, 3.63) is 5.82 Å². The Bertz CT molecular complexity index is 258. The minimum Gasteiger partial charge on any atom is -0.330 e. The van der Waals surface area contributed by atoms with Crippen LogP contribution < -0.4 is 11.1 Å². The molecule has 2 atom stereocenters. The van der Waals surface area contributed by atoms with Crippen LogP contribution in [-0.2, 0) is 0 Å². The summed E-state index contributed by atoms with van der Waals surface area (Å²) in [4.78, 5) is 0. The first kappa shape index (κ1) is 12.1. The fraction of sp³-hybridized carbons (Fsp3) is 0.889. The summed E-state index contributed by atoms with van der Waals surface area (Å²) in [7, 11) is 0. The summed E-state index contributed by atoms with van der Waals surface area (Å²) < 4.78 is 0. The van der Waals surface area contributed by atoms with Gasteiger partial charge < -0.3 is 11.1 Å². The van der Waals surface area contributed by atoms with E-state index in [1.54, 1.807) is 0 Å². The number of aromatic nitrogens is 4. The predicted octanol–water partition coefficient (Wildman–Crippen LogP) is 0.0812. The van der Waals surface area contributed by atoms with Gasteiger partial charge in [-0.2, -0.15) is 5.21 Å². The lowest BCUT2D eigenvalue weighted by Crippen LogP contribution is -2.33. The maximum Gasteiger partial charge on any atom is 0.191 e. The molecule has 0 spiro atoms. The van der Waals surface area contributed by atoms with Crippen LogP contribution >= 0.6 is 0 Å². The molecule has 1 aromatic heterocycles. The number of hydrogen-bond donors (Lipinski definition) is 3. The molecule has 1 aromatic rings. The molecule has 0 aliphatic carbocycles. The van der Waals surface area contributed by atoms with Crippen LogP contribution in [0.5, 0.6) is 0 Å². The Morgan fingerprint density at radius 2 is 2.13 bits per heavy atom. The topological polar surface area (TPSA) is 92.5 Å². The average molecular weight is 212 g/mol. The third-order valence-corrected chi connectivity index (χ3v) is 2.68. The predicted molar refractivity (Wildman–Crippen MR) is 58.0 cm³/mol. The third kappa shape index (κ3) is 3.56. The van der Waals surface area contributed by atoms with Crippen LogP contribution in [0.25, 0.3) is 0 Å². The molecule has 15 heavy (non-hydrogen) atoms. The van der Waals surface area contributed by atoms with Gasteiger partial charge in [0.25, 0.3) is 0 Å². The number of nitrogens with one attached hydrogen (secondary N) is 2. The Kier molecular flexibility index (Phi) is 4.64. The summed E-state index contributed by atoms with van der Waals surface area (Å²) in [6.07, 6.45) is 0. The van der Waals surface area contributed by atoms with Gasteiger partial charge in [0, 0.05) is 6.54 Å². The second kappa shape index (κ2) is 5.77. The van der Waals surface area contributed by atoms with E-state index in [0.29, 0.717) is 24.2 Å². The highest BCUT2D eigenvalue weighted by atomic mass is 15.5. The smallest absolute Gasteiger partial charge is 0.191 e.